The molecule has 0 fully saturated rings. The van der Waals surface area contributed by atoms with Crippen LogP contribution in [-0.2, 0) is 32.6 Å². The number of sulfonamides is 1. The van der Waals surface area contributed by atoms with Gasteiger partial charge in [0, 0.05) is 23.5 Å². The first-order valence-electron chi connectivity index (χ1n) is 15.4. The molecule has 8 nitrogen and oxygen atoms in total. The van der Waals surface area contributed by atoms with Crippen LogP contribution in [0, 0.1) is 5.82 Å². The first-order chi connectivity index (χ1) is 22.5. The topological polar surface area (TPSA) is 96.0 Å². The fourth-order valence-electron chi connectivity index (χ4n) is 4.92. The largest absolute Gasteiger partial charge is 0.494 e. The van der Waals surface area contributed by atoms with Gasteiger partial charge in [0.2, 0.25) is 11.8 Å². The molecule has 0 saturated carbocycles. The number of amides is 2. The van der Waals surface area contributed by atoms with Crippen LogP contribution in [-0.4, -0.2) is 50.4 Å². The average Bonchev–Trinajstić information content (AvgIpc) is 3.07. The minimum absolute atomic E-state index is 0.0396. The summed E-state index contributed by atoms with van der Waals surface area (Å²) in [7, 11) is -4.33. The van der Waals surface area contributed by atoms with Crippen molar-refractivity contribution in [3.63, 3.8) is 0 Å². The zero-order chi connectivity index (χ0) is 34.0. The molecule has 4 rings (SSSR count). The number of hydrogen-bond donors (Lipinski definition) is 1. The van der Waals surface area contributed by atoms with E-state index in [0.29, 0.717) is 18.8 Å². The maximum atomic E-state index is 14.5. The molecular weight excluding hydrogens is 685 g/mol. The lowest BCUT2D eigenvalue weighted by atomic mass is 10.0. The minimum Gasteiger partial charge on any atom is -0.494 e. The van der Waals surface area contributed by atoms with E-state index in [0.717, 1.165) is 32.0 Å². The maximum Gasteiger partial charge on any atom is 0.264 e. The van der Waals surface area contributed by atoms with Crippen LogP contribution in [0.25, 0.3) is 0 Å². The molecule has 2 amide bonds. The lowest BCUT2D eigenvalue weighted by molar-refractivity contribution is -0.140. The van der Waals surface area contributed by atoms with Crippen LogP contribution >= 0.6 is 15.9 Å². The minimum atomic E-state index is -4.33. The summed E-state index contributed by atoms with van der Waals surface area (Å²) in [6.45, 7) is 5.47. The summed E-state index contributed by atoms with van der Waals surface area (Å²) in [5, 5.41) is 3.02. The molecule has 0 aliphatic heterocycles. The molecule has 0 radical (unpaired) electrons. The number of nitrogens with one attached hydrogen (secondary N) is 1. The number of carbonyl (C=O) groups is 2. The molecule has 0 bridgehead atoms. The molecule has 11 heteroatoms. The monoisotopic (exact) mass is 723 g/mol. The molecule has 248 valence electrons. The number of nitrogens with zero attached hydrogens (tertiary/aromatic N) is 2. The van der Waals surface area contributed by atoms with Gasteiger partial charge in [0.25, 0.3) is 10.0 Å². The third-order valence-electron chi connectivity index (χ3n) is 7.65. The molecule has 0 aliphatic rings. The lowest BCUT2D eigenvalue weighted by Crippen LogP contribution is -2.54. The standard InChI is InChI=1S/C36H39BrFN3O5S/c1-4-26(3)39-36(43)34(23-27-9-7-6-8-10-27)40(24-28-11-13-29(37)14-12-28)35(42)25-41(31-17-15-30(38)16-18-31)47(44,45)33-21-19-32(20-22-33)46-5-2/h6-22,26,34H,4-5,23-25H2,1-3H3,(H,39,43)/t26-,34-/m1/s1. The zero-order valence-electron chi connectivity index (χ0n) is 26.6. The van der Waals surface area contributed by atoms with Crippen LogP contribution in [0.15, 0.2) is 112 Å². The molecule has 2 atom stereocenters. The predicted molar refractivity (Wildman–Crippen MR) is 185 cm³/mol. The third-order valence-corrected chi connectivity index (χ3v) is 9.97. The van der Waals surface area contributed by atoms with E-state index in [-0.39, 0.29) is 35.5 Å². The van der Waals surface area contributed by atoms with Gasteiger partial charge in [0.15, 0.2) is 0 Å². The molecule has 0 aromatic heterocycles. The smallest absolute Gasteiger partial charge is 0.264 e. The first-order valence-corrected chi connectivity index (χ1v) is 17.6. The predicted octanol–water partition coefficient (Wildman–Crippen LogP) is 6.74. The Labute approximate surface area is 284 Å². The van der Waals surface area contributed by atoms with Crippen LogP contribution in [0.2, 0.25) is 0 Å². The normalized spacial score (nSPS) is 12.5. The van der Waals surface area contributed by atoms with Gasteiger partial charge in [-0.05, 0) is 92.1 Å². The SMILES string of the molecule is CCOc1ccc(S(=O)(=O)N(CC(=O)N(Cc2ccc(Br)cc2)[C@H](Cc2ccccc2)C(=O)N[C@H](C)CC)c2ccc(F)cc2)cc1. The van der Waals surface area contributed by atoms with Crippen LogP contribution < -0.4 is 14.4 Å². The van der Waals surface area contributed by atoms with E-state index in [1.807, 2.05) is 75.4 Å². The molecule has 0 spiro atoms. The van der Waals surface area contributed by atoms with Crippen LogP contribution in [0.5, 0.6) is 5.75 Å². The van der Waals surface area contributed by atoms with Gasteiger partial charge in [-0.15, -0.1) is 0 Å². The fraction of sp³-hybridized carbons (Fsp3) is 0.278. The third kappa shape index (κ3) is 9.65. The van der Waals surface area contributed by atoms with Crippen molar-refractivity contribution in [1.82, 2.24) is 10.2 Å². The van der Waals surface area contributed by atoms with Gasteiger partial charge in [-0.3, -0.25) is 13.9 Å². The van der Waals surface area contributed by atoms with E-state index in [9.17, 15) is 22.4 Å². The number of halogens is 2. The number of anilines is 1. The summed E-state index contributed by atoms with van der Waals surface area (Å²) < 4.78 is 49.6. The van der Waals surface area contributed by atoms with Crippen LogP contribution in [0.4, 0.5) is 10.1 Å². The van der Waals surface area contributed by atoms with Gasteiger partial charge < -0.3 is 15.0 Å². The first kappa shape index (κ1) is 35.6. The highest BCUT2D eigenvalue weighted by Crippen LogP contribution is 2.27. The number of carbonyl (C=O) groups excluding carboxylic acids is 2. The highest BCUT2D eigenvalue weighted by molar-refractivity contribution is 9.10. The van der Waals surface area contributed by atoms with Gasteiger partial charge in [0.1, 0.15) is 24.2 Å². The molecule has 4 aromatic rings. The summed E-state index contributed by atoms with van der Waals surface area (Å²) in [6, 6.07) is 26.4. The number of ether oxygens (including phenoxy) is 1. The van der Waals surface area contributed by atoms with Crippen molar-refractivity contribution in [2.75, 3.05) is 17.5 Å². The van der Waals surface area contributed by atoms with Crippen LogP contribution in [0.1, 0.15) is 38.3 Å². The van der Waals surface area contributed by atoms with Gasteiger partial charge in [-0.25, -0.2) is 12.8 Å². The summed E-state index contributed by atoms with van der Waals surface area (Å²) in [5.41, 5.74) is 1.68. The molecule has 47 heavy (non-hydrogen) atoms. The van der Waals surface area contributed by atoms with Gasteiger partial charge >= 0.3 is 0 Å². The molecule has 0 heterocycles. The summed E-state index contributed by atoms with van der Waals surface area (Å²) >= 11 is 3.44. The second-order valence-electron chi connectivity index (χ2n) is 11.1. The maximum absolute atomic E-state index is 14.5. The zero-order valence-corrected chi connectivity index (χ0v) is 29.0. The van der Waals surface area contributed by atoms with Crippen LogP contribution in [0.3, 0.4) is 0 Å². The van der Waals surface area contributed by atoms with E-state index in [2.05, 4.69) is 21.2 Å². The summed E-state index contributed by atoms with van der Waals surface area (Å²) in [6.07, 6.45) is 0.886. The molecule has 4 aromatic carbocycles. The molecule has 0 unspecified atom stereocenters. The van der Waals surface area contributed by atoms with Crippen molar-refractivity contribution in [2.45, 2.75) is 57.1 Å². The second kappa shape index (κ2) is 16.6. The van der Waals surface area contributed by atoms with E-state index in [1.165, 1.54) is 41.3 Å². The highest BCUT2D eigenvalue weighted by Gasteiger charge is 2.35. The van der Waals surface area contributed by atoms with E-state index in [1.54, 1.807) is 0 Å². The van der Waals surface area contributed by atoms with Crippen molar-refractivity contribution in [3.8, 4) is 5.75 Å². The number of rotatable bonds is 15. The Balaban J connectivity index is 1.79. The van der Waals surface area contributed by atoms with Gasteiger partial charge in [0.05, 0.1) is 17.2 Å². The molecule has 0 aliphatic carbocycles. The molecule has 1 N–H and O–H groups in total. The van der Waals surface area contributed by atoms with Crippen molar-refractivity contribution in [3.05, 3.63) is 125 Å². The lowest BCUT2D eigenvalue weighted by Gasteiger charge is -2.34. The Morgan fingerprint density at radius 2 is 1.51 bits per heavy atom. The molecular formula is C36H39BrFN3O5S. The Kier molecular flexibility index (Phi) is 12.6. The average molecular weight is 725 g/mol. The van der Waals surface area contributed by atoms with Crippen molar-refractivity contribution in [2.24, 2.45) is 0 Å². The quantitative estimate of drug-likeness (QED) is 0.147. The summed E-state index contributed by atoms with van der Waals surface area (Å²) in [5.74, 6) is -1.02. The van der Waals surface area contributed by atoms with Crippen molar-refractivity contribution < 1.29 is 27.1 Å². The Bertz CT molecular complexity index is 1720. The fourth-order valence-corrected chi connectivity index (χ4v) is 6.60. The highest BCUT2D eigenvalue weighted by atomic mass is 79.9. The van der Waals surface area contributed by atoms with E-state index >= 15 is 0 Å². The van der Waals surface area contributed by atoms with Gasteiger partial charge in [-0.2, -0.15) is 0 Å². The number of hydrogen-bond acceptors (Lipinski definition) is 5. The Morgan fingerprint density at radius 1 is 0.872 bits per heavy atom. The number of benzene rings is 4. The van der Waals surface area contributed by atoms with E-state index in [4.69, 9.17) is 4.74 Å². The second-order valence-corrected chi connectivity index (χ2v) is 13.8. The van der Waals surface area contributed by atoms with Gasteiger partial charge in [-0.1, -0.05) is 65.3 Å². The van der Waals surface area contributed by atoms with Crippen molar-refractivity contribution in [1.29, 1.82) is 0 Å². The summed E-state index contributed by atoms with van der Waals surface area (Å²) in [4.78, 5) is 29.8. The Hall–Kier alpha value is -4.22. The van der Waals surface area contributed by atoms with Crippen molar-refractivity contribution >= 4 is 43.5 Å². The van der Waals surface area contributed by atoms with E-state index < -0.39 is 34.3 Å². The Morgan fingerprint density at radius 3 is 2.11 bits per heavy atom. The molecule has 0 saturated heterocycles.